The Hall–Kier alpha value is -2.94. The summed E-state index contributed by atoms with van der Waals surface area (Å²) < 4.78 is 5.03. The van der Waals surface area contributed by atoms with Crippen LogP contribution >= 0.6 is 11.3 Å². The van der Waals surface area contributed by atoms with Gasteiger partial charge in [0.25, 0.3) is 5.89 Å². The molecule has 8 nitrogen and oxygen atoms in total. The maximum Gasteiger partial charge on any atom is 0.315 e. The molecule has 2 heterocycles. The Balaban J connectivity index is 2.07. The van der Waals surface area contributed by atoms with E-state index in [-0.39, 0.29) is 11.5 Å². The molecule has 0 unspecified atom stereocenters. The Bertz CT molecular complexity index is 812. The second kappa shape index (κ2) is 4.87. The second-order valence-corrected chi connectivity index (χ2v) is 4.97. The van der Waals surface area contributed by atoms with Gasteiger partial charge in [0.05, 0.1) is 15.4 Å². The van der Waals surface area contributed by atoms with Crippen LogP contribution in [-0.4, -0.2) is 25.3 Å². The van der Waals surface area contributed by atoms with E-state index in [0.29, 0.717) is 5.82 Å². The number of aromatic hydroxyl groups is 2. The number of benzene rings is 1. The number of hydrogen-bond donors (Lipinski definition) is 2. The predicted octanol–water partition coefficient (Wildman–Crippen LogP) is 2.78. The third-order valence-corrected chi connectivity index (χ3v) is 3.55. The monoisotopic (exact) mass is 305 g/mol. The third-order valence-electron chi connectivity index (χ3n) is 2.68. The van der Waals surface area contributed by atoms with Crippen LogP contribution in [0, 0.1) is 10.1 Å². The van der Waals surface area contributed by atoms with Crippen molar-refractivity contribution in [2.24, 2.45) is 0 Å². The Kier molecular flexibility index (Phi) is 3.03. The number of nitrogens with zero attached hydrogens (tertiary/aromatic N) is 3. The Labute approximate surface area is 121 Å². The molecule has 9 heteroatoms. The summed E-state index contributed by atoms with van der Waals surface area (Å²) in [5, 5.41) is 35.4. The molecule has 1 aromatic carbocycles. The van der Waals surface area contributed by atoms with Gasteiger partial charge >= 0.3 is 5.69 Å². The summed E-state index contributed by atoms with van der Waals surface area (Å²) >= 11 is 1.42. The van der Waals surface area contributed by atoms with Crippen molar-refractivity contribution in [1.29, 1.82) is 0 Å². The van der Waals surface area contributed by atoms with Crippen molar-refractivity contribution in [1.82, 2.24) is 10.1 Å². The average Bonchev–Trinajstić information content (AvgIpc) is 3.10. The molecular weight excluding hydrogens is 298 g/mol. The zero-order chi connectivity index (χ0) is 15.0. The van der Waals surface area contributed by atoms with Crippen LogP contribution in [0.25, 0.3) is 22.2 Å². The predicted molar refractivity (Wildman–Crippen MR) is 73.0 cm³/mol. The van der Waals surface area contributed by atoms with Gasteiger partial charge in [-0.2, -0.15) is 4.98 Å². The molecule has 0 radical (unpaired) electrons. The van der Waals surface area contributed by atoms with Gasteiger partial charge in [-0.15, -0.1) is 11.3 Å². The minimum atomic E-state index is -0.810. The number of phenolic OH excluding ortho intramolecular Hbond substituents is 2. The first kappa shape index (κ1) is 13.1. The van der Waals surface area contributed by atoms with Crippen molar-refractivity contribution < 1.29 is 19.7 Å². The molecule has 3 rings (SSSR count). The number of nitro groups is 1. The first-order valence-electron chi connectivity index (χ1n) is 5.64. The average molecular weight is 305 g/mol. The Morgan fingerprint density at radius 3 is 2.81 bits per heavy atom. The normalized spacial score (nSPS) is 10.7. The number of rotatable bonds is 3. The molecule has 0 spiro atoms. The number of phenols is 2. The van der Waals surface area contributed by atoms with E-state index >= 15 is 0 Å². The SMILES string of the molecule is O=[N+]([O-])c1cc(-c2nc(-c3cccs3)no2)cc(O)c1O. The Morgan fingerprint density at radius 1 is 1.33 bits per heavy atom. The molecule has 0 aliphatic carbocycles. The number of nitro benzene ring substituents is 1. The van der Waals surface area contributed by atoms with Crippen LogP contribution in [0.3, 0.4) is 0 Å². The van der Waals surface area contributed by atoms with Crippen molar-refractivity contribution >= 4 is 17.0 Å². The summed E-state index contributed by atoms with van der Waals surface area (Å²) in [5.41, 5.74) is -0.492. The molecule has 0 bridgehead atoms. The van der Waals surface area contributed by atoms with Crippen LogP contribution in [-0.2, 0) is 0 Å². The van der Waals surface area contributed by atoms with Gasteiger partial charge in [0.2, 0.25) is 11.6 Å². The molecule has 0 fully saturated rings. The molecule has 0 amide bonds. The highest BCUT2D eigenvalue weighted by Crippen LogP contribution is 2.39. The van der Waals surface area contributed by atoms with Gasteiger partial charge in [-0.05, 0) is 17.5 Å². The summed E-state index contributed by atoms with van der Waals surface area (Å²) in [6.07, 6.45) is 0. The van der Waals surface area contributed by atoms with Crippen LogP contribution < -0.4 is 0 Å². The van der Waals surface area contributed by atoms with Gasteiger partial charge < -0.3 is 14.7 Å². The molecule has 0 atom stereocenters. The van der Waals surface area contributed by atoms with Gasteiger partial charge in [-0.1, -0.05) is 11.2 Å². The van der Waals surface area contributed by atoms with Gasteiger partial charge in [0, 0.05) is 6.07 Å². The molecule has 106 valence electrons. The maximum absolute atomic E-state index is 10.8. The molecule has 0 saturated carbocycles. The molecule has 2 N–H and O–H groups in total. The zero-order valence-electron chi connectivity index (χ0n) is 10.3. The summed E-state index contributed by atoms with van der Waals surface area (Å²) in [6, 6.07) is 5.80. The quantitative estimate of drug-likeness (QED) is 0.433. The van der Waals surface area contributed by atoms with E-state index in [1.807, 2.05) is 11.4 Å². The van der Waals surface area contributed by atoms with E-state index in [0.717, 1.165) is 17.0 Å². The fraction of sp³-hybridized carbons (Fsp3) is 0. The zero-order valence-corrected chi connectivity index (χ0v) is 11.1. The Morgan fingerprint density at radius 2 is 2.14 bits per heavy atom. The first-order valence-corrected chi connectivity index (χ1v) is 6.52. The van der Waals surface area contributed by atoms with Gasteiger partial charge in [-0.3, -0.25) is 10.1 Å². The van der Waals surface area contributed by atoms with E-state index < -0.39 is 22.1 Å². The minimum Gasteiger partial charge on any atom is -0.504 e. The van der Waals surface area contributed by atoms with E-state index in [9.17, 15) is 20.3 Å². The van der Waals surface area contributed by atoms with Gasteiger partial charge in [-0.25, -0.2) is 0 Å². The van der Waals surface area contributed by atoms with Crippen molar-refractivity contribution in [3.8, 4) is 33.7 Å². The van der Waals surface area contributed by atoms with Crippen molar-refractivity contribution in [3.63, 3.8) is 0 Å². The number of aromatic nitrogens is 2. The van der Waals surface area contributed by atoms with Crippen LogP contribution in [0.2, 0.25) is 0 Å². The summed E-state index contributed by atoms with van der Waals surface area (Å²) in [4.78, 5) is 14.9. The first-order chi connectivity index (χ1) is 10.1. The fourth-order valence-electron chi connectivity index (χ4n) is 1.71. The highest BCUT2D eigenvalue weighted by atomic mass is 32.1. The number of hydrogen-bond acceptors (Lipinski definition) is 8. The molecule has 21 heavy (non-hydrogen) atoms. The summed E-state index contributed by atoms with van der Waals surface area (Å²) in [5.74, 6) is -1.08. The van der Waals surface area contributed by atoms with E-state index in [4.69, 9.17) is 4.52 Å². The molecule has 0 saturated heterocycles. The topological polar surface area (TPSA) is 123 Å². The van der Waals surface area contributed by atoms with Crippen LogP contribution in [0.15, 0.2) is 34.2 Å². The lowest BCUT2D eigenvalue weighted by molar-refractivity contribution is -0.385. The summed E-state index contributed by atoms with van der Waals surface area (Å²) in [6.45, 7) is 0. The molecular formula is C12H7N3O5S. The van der Waals surface area contributed by atoms with Crippen LogP contribution in [0.4, 0.5) is 5.69 Å². The lowest BCUT2D eigenvalue weighted by Gasteiger charge is -2.01. The van der Waals surface area contributed by atoms with Crippen LogP contribution in [0.5, 0.6) is 11.5 Å². The maximum atomic E-state index is 10.8. The minimum absolute atomic E-state index is 0.0109. The highest BCUT2D eigenvalue weighted by Gasteiger charge is 2.22. The van der Waals surface area contributed by atoms with E-state index in [1.54, 1.807) is 6.07 Å². The van der Waals surface area contributed by atoms with E-state index in [1.165, 1.54) is 11.3 Å². The smallest absolute Gasteiger partial charge is 0.315 e. The molecule has 0 aliphatic rings. The van der Waals surface area contributed by atoms with Crippen molar-refractivity contribution in [3.05, 3.63) is 39.8 Å². The van der Waals surface area contributed by atoms with Gasteiger partial charge in [0.15, 0.2) is 5.75 Å². The lowest BCUT2D eigenvalue weighted by Crippen LogP contribution is -1.90. The molecule has 2 aromatic heterocycles. The lowest BCUT2D eigenvalue weighted by atomic mass is 10.1. The molecule has 0 aliphatic heterocycles. The second-order valence-electron chi connectivity index (χ2n) is 4.02. The van der Waals surface area contributed by atoms with Crippen molar-refractivity contribution in [2.45, 2.75) is 0 Å². The standard InChI is InChI=1S/C12H7N3O5S/c16-8-5-6(4-7(10(8)17)15(18)19)12-13-11(14-20-12)9-2-1-3-21-9/h1-5,16-17H. The van der Waals surface area contributed by atoms with Crippen molar-refractivity contribution in [2.75, 3.05) is 0 Å². The number of thiophene rings is 1. The highest BCUT2D eigenvalue weighted by molar-refractivity contribution is 7.13. The third kappa shape index (κ3) is 2.30. The molecule has 3 aromatic rings. The van der Waals surface area contributed by atoms with E-state index in [2.05, 4.69) is 10.1 Å². The fourth-order valence-corrected chi connectivity index (χ4v) is 2.36. The van der Waals surface area contributed by atoms with Crippen LogP contribution in [0.1, 0.15) is 0 Å². The summed E-state index contributed by atoms with van der Waals surface area (Å²) in [7, 11) is 0. The van der Waals surface area contributed by atoms with Gasteiger partial charge in [0.1, 0.15) is 0 Å². The largest absolute Gasteiger partial charge is 0.504 e.